The molecular weight excluding hydrogens is 200 g/mol. The van der Waals surface area contributed by atoms with E-state index in [0.29, 0.717) is 13.0 Å². The average molecular weight is 211 g/mol. The van der Waals surface area contributed by atoms with Crippen molar-refractivity contribution in [3.8, 4) is 0 Å². The Morgan fingerprint density at radius 1 is 1.43 bits per heavy atom. The smallest absolute Gasteiger partial charge is 0.403 e. The van der Waals surface area contributed by atoms with Crippen molar-refractivity contribution in [3.05, 3.63) is 42.0 Å². The lowest BCUT2D eigenvalue weighted by molar-refractivity contribution is 0.175. The summed E-state index contributed by atoms with van der Waals surface area (Å²) in [6, 6.07) is 7.87. The molecule has 1 aromatic rings. The van der Waals surface area contributed by atoms with Gasteiger partial charge in [-0.25, -0.2) is 4.79 Å². The molecule has 2 nitrogen and oxygen atoms in total. The third-order valence-electron chi connectivity index (χ3n) is 1.82. The maximum atomic E-state index is 10.3. The van der Waals surface area contributed by atoms with Gasteiger partial charge in [0, 0.05) is 18.0 Å². The molecule has 0 heterocycles. The number of rotatable bonds is 4. The molecule has 1 aromatic carbocycles. The molecule has 0 amide bonds. The van der Waals surface area contributed by atoms with E-state index in [-0.39, 0.29) is 0 Å². The van der Waals surface area contributed by atoms with Crippen molar-refractivity contribution < 1.29 is 9.53 Å². The van der Waals surface area contributed by atoms with Crippen molar-refractivity contribution >= 4 is 23.1 Å². The summed E-state index contributed by atoms with van der Waals surface area (Å²) < 4.78 is 4.61. The van der Waals surface area contributed by atoms with Crippen molar-refractivity contribution in [2.75, 3.05) is 6.61 Å². The minimum Gasteiger partial charge on any atom is -0.453 e. The van der Waals surface area contributed by atoms with Gasteiger partial charge < -0.3 is 4.74 Å². The molecule has 0 saturated carbocycles. The predicted octanol–water partition coefficient (Wildman–Crippen LogP) is 3.25. The molecule has 74 valence electrons. The fourth-order valence-electron chi connectivity index (χ4n) is 1.07. The number of carbonyl (C=O) groups excluding carboxylic acids is 1. The van der Waals surface area contributed by atoms with Crippen LogP contribution in [0.3, 0.4) is 0 Å². The molecule has 3 heteroatoms. The van der Waals surface area contributed by atoms with Crippen molar-refractivity contribution in [1.82, 2.24) is 0 Å². The van der Waals surface area contributed by atoms with Crippen LogP contribution >= 0.6 is 11.6 Å². The number of ether oxygens (including phenoxy) is 1. The van der Waals surface area contributed by atoms with Crippen molar-refractivity contribution in [2.24, 2.45) is 0 Å². The van der Waals surface area contributed by atoms with Gasteiger partial charge in [-0.3, -0.25) is 0 Å². The highest BCUT2D eigenvalue weighted by atomic mass is 35.5. The topological polar surface area (TPSA) is 26.3 Å². The molecule has 0 atom stereocenters. The van der Waals surface area contributed by atoms with Gasteiger partial charge in [0.1, 0.15) is 0 Å². The van der Waals surface area contributed by atoms with E-state index >= 15 is 0 Å². The largest absolute Gasteiger partial charge is 0.453 e. The van der Waals surface area contributed by atoms with Crippen LogP contribution in [-0.2, 0) is 11.2 Å². The van der Waals surface area contributed by atoms with E-state index < -0.39 is 5.43 Å². The molecule has 0 fully saturated rings. The van der Waals surface area contributed by atoms with Crippen LogP contribution in [0.15, 0.2) is 30.8 Å². The Labute approximate surface area is 88.1 Å². The van der Waals surface area contributed by atoms with E-state index in [1.807, 2.05) is 24.3 Å². The van der Waals surface area contributed by atoms with Gasteiger partial charge in [-0.1, -0.05) is 36.9 Å². The minimum atomic E-state index is -0.757. The second-order valence-electron chi connectivity index (χ2n) is 2.78. The number of benzene rings is 1. The zero-order chi connectivity index (χ0) is 10.4. The first kappa shape index (κ1) is 10.8. The van der Waals surface area contributed by atoms with Gasteiger partial charge in [-0.2, -0.15) is 0 Å². The molecule has 0 aliphatic carbocycles. The van der Waals surface area contributed by atoms with E-state index in [2.05, 4.69) is 11.3 Å². The van der Waals surface area contributed by atoms with Crippen LogP contribution in [0.1, 0.15) is 11.1 Å². The normalized spacial score (nSPS) is 9.50. The first-order valence-corrected chi connectivity index (χ1v) is 4.64. The summed E-state index contributed by atoms with van der Waals surface area (Å²) in [5.74, 6) is 0. The highest BCUT2D eigenvalue weighted by Crippen LogP contribution is 2.06. The maximum Gasteiger partial charge on any atom is 0.403 e. The Hall–Kier alpha value is -1.28. The molecule has 0 N–H and O–H groups in total. The summed E-state index contributed by atoms with van der Waals surface area (Å²) in [4.78, 5) is 10.3. The standard InChI is InChI=1S/C11H11ClO2/c1-2-9-3-5-10(6-4-9)7-8-14-11(12)13/h2-6H,1,7-8H2. The average Bonchev–Trinajstić information content (AvgIpc) is 2.18. The van der Waals surface area contributed by atoms with Crippen molar-refractivity contribution in [3.63, 3.8) is 0 Å². The molecule has 0 radical (unpaired) electrons. The van der Waals surface area contributed by atoms with Gasteiger partial charge in [0.15, 0.2) is 0 Å². The fraction of sp³-hybridized carbons (Fsp3) is 0.182. The highest BCUT2D eigenvalue weighted by molar-refractivity contribution is 6.61. The first-order valence-electron chi connectivity index (χ1n) is 4.26. The van der Waals surface area contributed by atoms with Crippen LogP contribution in [0.25, 0.3) is 6.08 Å². The highest BCUT2D eigenvalue weighted by Gasteiger charge is 1.96. The number of carbonyl (C=O) groups is 1. The lowest BCUT2D eigenvalue weighted by Gasteiger charge is -2.01. The van der Waals surface area contributed by atoms with Crippen LogP contribution in [0, 0.1) is 0 Å². The molecule has 0 unspecified atom stereocenters. The van der Waals surface area contributed by atoms with Crippen LogP contribution in [0.2, 0.25) is 0 Å². The van der Waals surface area contributed by atoms with E-state index in [1.54, 1.807) is 6.08 Å². The molecule has 0 aromatic heterocycles. The second-order valence-corrected chi connectivity index (χ2v) is 3.09. The zero-order valence-corrected chi connectivity index (χ0v) is 8.46. The quantitative estimate of drug-likeness (QED) is 0.714. The van der Waals surface area contributed by atoms with Gasteiger partial charge in [-0.15, -0.1) is 0 Å². The van der Waals surface area contributed by atoms with Gasteiger partial charge in [0.25, 0.3) is 0 Å². The maximum absolute atomic E-state index is 10.3. The third-order valence-corrected chi connectivity index (χ3v) is 1.93. The molecule has 1 rings (SSSR count). The van der Waals surface area contributed by atoms with Crippen LogP contribution in [0.5, 0.6) is 0 Å². The summed E-state index contributed by atoms with van der Waals surface area (Å²) in [5.41, 5.74) is 1.42. The minimum absolute atomic E-state index is 0.315. The summed E-state index contributed by atoms with van der Waals surface area (Å²) in [6.45, 7) is 3.97. The van der Waals surface area contributed by atoms with Gasteiger partial charge in [-0.05, 0) is 11.1 Å². The van der Waals surface area contributed by atoms with Crippen molar-refractivity contribution in [1.29, 1.82) is 0 Å². The summed E-state index contributed by atoms with van der Waals surface area (Å²) in [6.07, 6.45) is 2.46. The number of hydrogen-bond donors (Lipinski definition) is 0. The van der Waals surface area contributed by atoms with E-state index in [9.17, 15) is 4.79 Å². The predicted molar refractivity (Wildman–Crippen MR) is 57.4 cm³/mol. The summed E-state index contributed by atoms with van der Waals surface area (Å²) in [7, 11) is 0. The zero-order valence-electron chi connectivity index (χ0n) is 7.70. The lowest BCUT2D eigenvalue weighted by Crippen LogP contribution is -1.99. The molecule has 14 heavy (non-hydrogen) atoms. The summed E-state index contributed by atoms with van der Waals surface area (Å²) in [5, 5.41) is 0. The Kier molecular flexibility index (Phi) is 4.20. The van der Waals surface area contributed by atoms with Crippen molar-refractivity contribution in [2.45, 2.75) is 6.42 Å². The Morgan fingerprint density at radius 2 is 2.07 bits per heavy atom. The van der Waals surface area contributed by atoms with E-state index in [4.69, 9.17) is 11.6 Å². The van der Waals surface area contributed by atoms with Crippen LogP contribution < -0.4 is 0 Å². The number of halogens is 1. The lowest BCUT2D eigenvalue weighted by atomic mass is 10.1. The Morgan fingerprint density at radius 3 is 2.57 bits per heavy atom. The SMILES string of the molecule is C=Cc1ccc(CCOC(=O)Cl)cc1. The molecule has 0 saturated heterocycles. The molecule has 0 aliphatic heterocycles. The Balaban J connectivity index is 2.43. The molecule has 0 aliphatic rings. The van der Waals surface area contributed by atoms with Gasteiger partial charge >= 0.3 is 5.43 Å². The number of hydrogen-bond acceptors (Lipinski definition) is 2. The first-order chi connectivity index (χ1) is 6.72. The Bertz CT molecular complexity index is 317. The van der Waals surface area contributed by atoms with Gasteiger partial charge in [0.2, 0.25) is 0 Å². The van der Waals surface area contributed by atoms with Crippen LogP contribution in [0.4, 0.5) is 4.79 Å². The van der Waals surface area contributed by atoms with Crippen LogP contribution in [-0.4, -0.2) is 12.0 Å². The molecular formula is C11H11ClO2. The summed E-state index contributed by atoms with van der Waals surface area (Å²) >= 11 is 5.02. The van der Waals surface area contributed by atoms with E-state index in [1.165, 1.54) is 0 Å². The van der Waals surface area contributed by atoms with E-state index in [0.717, 1.165) is 11.1 Å². The third kappa shape index (κ3) is 3.62. The van der Waals surface area contributed by atoms with Gasteiger partial charge in [0.05, 0.1) is 6.61 Å². The second kappa shape index (κ2) is 5.45. The fourth-order valence-corrected chi connectivity index (χ4v) is 1.15. The molecule has 0 spiro atoms. The molecule has 0 bridgehead atoms. The monoisotopic (exact) mass is 210 g/mol.